The van der Waals surface area contributed by atoms with Crippen molar-refractivity contribution in [3.8, 4) is 0 Å². The highest BCUT2D eigenvalue weighted by molar-refractivity contribution is 5.81. The van der Waals surface area contributed by atoms with Crippen molar-refractivity contribution in [3.05, 3.63) is 35.9 Å². The molecule has 0 radical (unpaired) electrons. The average Bonchev–Trinajstić information content (AvgIpc) is 2.73. The van der Waals surface area contributed by atoms with Crippen molar-refractivity contribution >= 4 is 11.9 Å². The summed E-state index contributed by atoms with van der Waals surface area (Å²) in [5, 5.41) is 0. The molecule has 2 fully saturated rings. The zero-order valence-corrected chi connectivity index (χ0v) is 16.7. The lowest BCUT2D eigenvalue weighted by molar-refractivity contribution is -0.143. The summed E-state index contributed by atoms with van der Waals surface area (Å²) in [6, 6.07) is 10.3. The Hall–Kier alpha value is -2.08. The average molecular weight is 373 g/mol. The van der Waals surface area contributed by atoms with E-state index in [0.717, 1.165) is 32.2 Å². The molecule has 0 spiro atoms. The molecule has 1 aromatic rings. The molecular formula is C21H31N3O3. The molecule has 1 aromatic carbocycles. The topological polar surface area (TPSA) is 53.1 Å². The van der Waals surface area contributed by atoms with Crippen molar-refractivity contribution in [2.75, 3.05) is 47.4 Å². The smallest absolute Gasteiger partial charge is 0.319 e. The lowest BCUT2D eigenvalue weighted by atomic mass is 9.83. The molecule has 3 amide bonds. The van der Waals surface area contributed by atoms with Crippen molar-refractivity contribution < 1.29 is 14.3 Å². The van der Waals surface area contributed by atoms with Gasteiger partial charge in [-0.05, 0) is 31.2 Å². The first-order chi connectivity index (χ1) is 13.0. The third kappa shape index (κ3) is 4.10. The molecule has 148 valence electrons. The van der Waals surface area contributed by atoms with Crippen molar-refractivity contribution in [1.29, 1.82) is 0 Å². The molecule has 2 saturated heterocycles. The van der Waals surface area contributed by atoms with Gasteiger partial charge in [0.25, 0.3) is 0 Å². The van der Waals surface area contributed by atoms with E-state index in [-0.39, 0.29) is 23.5 Å². The third-order valence-corrected chi connectivity index (χ3v) is 6.00. The number of amides is 3. The standard InChI is InChI=1S/C21H31N3O3/c1-22(2)20(26)24-13-7-8-17(16-24)19(25)23-14-11-21(27-3,12-15-23)18-9-5-4-6-10-18/h4-6,9-10,17H,7-8,11-16H2,1-3H3/t17-/m1/s1. The van der Waals surface area contributed by atoms with Gasteiger partial charge in [0.2, 0.25) is 5.91 Å². The highest BCUT2D eigenvalue weighted by atomic mass is 16.5. The molecule has 0 unspecified atom stereocenters. The van der Waals surface area contributed by atoms with Crippen LogP contribution in [0.3, 0.4) is 0 Å². The predicted molar refractivity (Wildman–Crippen MR) is 104 cm³/mol. The van der Waals surface area contributed by atoms with Gasteiger partial charge in [0, 0.05) is 47.4 Å². The maximum Gasteiger partial charge on any atom is 0.319 e. The van der Waals surface area contributed by atoms with Crippen LogP contribution in [0, 0.1) is 5.92 Å². The summed E-state index contributed by atoms with van der Waals surface area (Å²) >= 11 is 0. The summed E-state index contributed by atoms with van der Waals surface area (Å²) in [5.74, 6) is 0.0958. The summed E-state index contributed by atoms with van der Waals surface area (Å²) < 4.78 is 5.92. The van der Waals surface area contributed by atoms with Gasteiger partial charge < -0.3 is 19.4 Å². The number of carbonyl (C=O) groups is 2. The number of ether oxygens (including phenoxy) is 1. The van der Waals surface area contributed by atoms with Gasteiger partial charge in [-0.15, -0.1) is 0 Å². The largest absolute Gasteiger partial charge is 0.373 e. The Morgan fingerprint density at radius 2 is 1.74 bits per heavy atom. The van der Waals surface area contributed by atoms with E-state index in [1.165, 1.54) is 5.56 Å². The van der Waals surface area contributed by atoms with E-state index < -0.39 is 0 Å². The van der Waals surface area contributed by atoms with Crippen LogP contribution in [-0.2, 0) is 15.1 Å². The van der Waals surface area contributed by atoms with E-state index in [2.05, 4.69) is 12.1 Å². The van der Waals surface area contributed by atoms with Gasteiger partial charge in [0.05, 0.1) is 11.5 Å². The van der Waals surface area contributed by atoms with Crippen LogP contribution >= 0.6 is 0 Å². The fourth-order valence-corrected chi connectivity index (χ4v) is 4.33. The molecule has 6 heteroatoms. The minimum Gasteiger partial charge on any atom is -0.373 e. The second kappa shape index (κ2) is 8.30. The van der Waals surface area contributed by atoms with Crippen molar-refractivity contribution in [2.24, 2.45) is 5.92 Å². The Bertz CT molecular complexity index is 654. The van der Waals surface area contributed by atoms with Crippen LogP contribution in [0.2, 0.25) is 0 Å². The van der Waals surface area contributed by atoms with Gasteiger partial charge in [-0.2, -0.15) is 0 Å². The molecule has 0 aromatic heterocycles. The third-order valence-electron chi connectivity index (χ3n) is 6.00. The Balaban J connectivity index is 1.62. The summed E-state index contributed by atoms with van der Waals surface area (Å²) in [6.07, 6.45) is 3.34. The van der Waals surface area contributed by atoms with Gasteiger partial charge in [-0.1, -0.05) is 30.3 Å². The normalized spacial score (nSPS) is 22.4. The zero-order chi connectivity index (χ0) is 19.4. The highest BCUT2D eigenvalue weighted by Crippen LogP contribution is 2.36. The number of carbonyl (C=O) groups excluding carboxylic acids is 2. The van der Waals surface area contributed by atoms with Gasteiger partial charge in [-0.3, -0.25) is 4.79 Å². The van der Waals surface area contributed by atoms with Crippen LogP contribution in [0.25, 0.3) is 0 Å². The number of hydrogen-bond acceptors (Lipinski definition) is 3. The predicted octanol–water partition coefficient (Wildman–Crippen LogP) is 2.54. The molecule has 2 aliphatic rings. The molecule has 1 atom stereocenters. The van der Waals surface area contributed by atoms with Crippen LogP contribution in [0.5, 0.6) is 0 Å². The van der Waals surface area contributed by atoms with E-state index in [0.29, 0.717) is 19.6 Å². The maximum absolute atomic E-state index is 13.1. The molecule has 0 bridgehead atoms. The molecule has 27 heavy (non-hydrogen) atoms. The number of benzene rings is 1. The summed E-state index contributed by atoms with van der Waals surface area (Å²) in [5.41, 5.74) is 0.873. The Labute approximate surface area is 162 Å². The van der Waals surface area contributed by atoms with Crippen molar-refractivity contribution in [3.63, 3.8) is 0 Å². The second-order valence-corrected chi connectivity index (χ2v) is 7.85. The molecule has 0 aliphatic carbocycles. The first-order valence-electron chi connectivity index (χ1n) is 9.82. The first kappa shape index (κ1) is 19.7. The second-order valence-electron chi connectivity index (χ2n) is 7.85. The fraction of sp³-hybridized carbons (Fsp3) is 0.619. The van der Waals surface area contributed by atoms with E-state index >= 15 is 0 Å². The number of rotatable bonds is 3. The number of methoxy groups -OCH3 is 1. The van der Waals surface area contributed by atoms with Crippen LogP contribution in [0.15, 0.2) is 30.3 Å². The van der Waals surface area contributed by atoms with Gasteiger partial charge in [-0.25, -0.2) is 4.79 Å². The Morgan fingerprint density at radius 1 is 1.07 bits per heavy atom. The highest BCUT2D eigenvalue weighted by Gasteiger charge is 2.39. The molecule has 0 N–H and O–H groups in total. The van der Waals surface area contributed by atoms with Crippen LogP contribution in [0.4, 0.5) is 4.79 Å². The van der Waals surface area contributed by atoms with Gasteiger partial charge >= 0.3 is 6.03 Å². The van der Waals surface area contributed by atoms with Crippen LogP contribution in [0.1, 0.15) is 31.2 Å². The first-order valence-corrected chi connectivity index (χ1v) is 9.82. The van der Waals surface area contributed by atoms with E-state index in [1.807, 2.05) is 23.1 Å². The number of piperidine rings is 2. The van der Waals surface area contributed by atoms with E-state index in [4.69, 9.17) is 4.74 Å². The minimum atomic E-state index is -0.308. The Kier molecular flexibility index (Phi) is 6.05. The monoisotopic (exact) mass is 373 g/mol. The van der Waals surface area contributed by atoms with Gasteiger partial charge in [0.15, 0.2) is 0 Å². The molecule has 2 aliphatic heterocycles. The summed E-state index contributed by atoms with van der Waals surface area (Å²) in [7, 11) is 5.27. The molecule has 0 saturated carbocycles. The lowest BCUT2D eigenvalue weighted by Crippen LogP contribution is -2.52. The summed E-state index contributed by atoms with van der Waals surface area (Å²) in [4.78, 5) is 30.6. The summed E-state index contributed by atoms with van der Waals surface area (Å²) in [6.45, 7) is 2.65. The lowest BCUT2D eigenvalue weighted by Gasteiger charge is -2.43. The Morgan fingerprint density at radius 3 is 2.33 bits per heavy atom. The maximum atomic E-state index is 13.1. The van der Waals surface area contributed by atoms with Crippen molar-refractivity contribution in [2.45, 2.75) is 31.3 Å². The number of hydrogen-bond donors (Lipinski definition) is 0. The van der Waals surface area contributed by atoms with E-state index in [1.54, 1.807) is 31.0 Å². The number of likely N-dealkylation sites (tertiary alicyclic amines) is 2. The minimum absolute atomic E-state index is 0.00591. The fourth-order valence-electron chi connectivity index (χ4n) is 4.33. The molecular weight excluding hydrogens is 342 g/mol. The number of urea groups is 1. The van der Waals surface area contributed by atoms with E-state index in [9.17, 15) is 9.59 Å². The zero-order valence-electron chi connectivity index (χ0n) is 16.7. The van der Waals surface area contributed by atoms with Crippen LogP contribution < -0.4 is 0 Å². The molecule has 3 rings (SSSR count). The molecule has 2 heterocycles. The SMILES string of the molecule is COC1(c2ccccc2)CCN(C(=O)[C@@H]2CCCN(C(=O)N(C)C)C2)CC1. The quantitative estimate of drug-likeness (QED) is 0.818. The number of nitrogens with zero attached hydrogens (tertiary/aromatic N) is 3. The van der Waals surface area contributed by atoms with Gasteiger partial charge in [0.1, 0.15) is 0 Å². The molecule has 6 nitrogen and oxygen atoms in total. The van der Waals surface area contributed by atoms with Crippen molar-refractivity contribution in [1.82, 2.24) is 14.7 Å². The van der Waals surface area contributed by atoms with Crippen LogP contribution in [-0.4, -0.2) is 74.0 Å².